The molecule has 0 aliphatic rings. The molecule has 0 bridgehead atoms. The standard InChI is InChI=1S/C28H22N8O3/c1-17-4-2-5-20(14-17)36-24(15-21(34-36)23-6-3-13-39-23)33-28(38)32-18-7-9-19(10-8-18)35-12-11-22(37)25-26(29)30-16-31-27(25)35/h2-16H,1H3,(H2,29,30,31)(H2,32,33,38). The number of nitrogens with zero attached hydrogens (tertiary/aromatic N) is 5. The van der Waals surface area contributed by atoms with Crippen LogP contribution in [0.15, 0.2) is 101 Å². The number of nitrogens with two attached hydrogens (primary N) is 1. The van der Waals surface area contributed by atoms with Gasteiger partial charge in [-0.05, 0) is 61.0 Å². The van der Waals surface area contributed by atoms with Gasteiger partial charge >= 0.3 is 6.03 Å². The molecule has 0 saturated carbocycles. The Morgan fingerprint density at radius 1 is 0.949 bits per heavy atom. The molecule has 0 unspecified atom stereocenters. The Balaban J connectivity index is 1.25. The van der Waals surface area contributed by atoms with Crippen molar-refractivity contribution >= 4 is 34.4 Å². The number of aryl methyl sites for hydroxylation is 1. The van der Waals surface area contributed by atoms with E-state index in [-0.39, 0.29) is 16.6 Å². The summed E-state index contributed by atoms with van der Waals surface area (Å²) in [6, 6.07) is 21.2. The van der Waals surface area contributed by atoms with Gasteiger partial charge in [-0.2, -0.15) is 5.10 Å². The minimum atomic E-state index is -0.447. The molecule has 0 fully saturated rings. The van der Waals surface area contributed by atoms with Crippen LogP contribution in [-0.4, -0.2) is 30.3 Å². The quantitative estimate of drug-likeness (QED) is 0.298. The number of nitrogen functional groups attached to an aromatic ring is 1. The van der Waals surface area contributed by atoms with Crippen molar-refractivity contribution in [3.05, 3.63) is 107 Å². The normalized spacial score (nSPS) is 11.0. The fourth-order valence-corrected chi connectivity index (χ4v) is 4.27. The van der Waals surface area contributed by atoms with Crippen LogP contribution < -0.4 is 21.8 Å². The molecule has 0 spiro atoms. The molecule has 11 nitrogen and oxygen atoms in total. The Morgan fingerprint density at radius 2 is 1.79 bits per heavy atom. The van der Waals surface area contributed by atoms with Crippen molar-refractivity contribution in [3.8, 4) is 22.8 Å². The summed E-state index contributed by atoms with van der Waals surface area (Å²) < 4.78 is 8.88. The highest BCUT2D eigenvalue weighted by atomic mass is 16.3. The van der Waals surface area contributed by atoms with E-state index in [1.807, 2.05) is 31.2 Å². The number of carbonyl (C=O) groups is 1. The number of benzene rings is 2. The summed E-state index contributed by atoms with van der Waals surface area (Å²) in [4.78, 5) is 33.4. The summed E-state index contributed by atoms with van der Waals surface area (Å²) in [5, 5.41) is 10.6. The van der Waals surface area contributed by atoms with Crippen LogP contribution >= 0.6 is 0 Å². The molecule has 6 aromatic rings. The Kier molecular flexibility index (Phi) is 5.85. The lowest BCUT2D eigenvalue weighted by Gasteiger charge is -2.12. The predicted octanol–water partition coefficient (Wildman–Crippen LogP) is 4.76. The van der Waals surface area contributed by atoms with Crippen LogP contribution in [0.2, 0.25) is 0 Å². The maximum atomic E-state index is 13.0. The lowest BCUT2D eigenvalue weighted by Crippen LogP contribution is -2.21. The van der Waals surface area contributed by atoms with Crippen molar-refractivity contribution in [2.45, 2.75) is 6.92 Å². The van der Waals surface area contributed by atoms with Gasteiger partial charge in [-0.15, -0.1) is 0 Å². The molecule has 0 radical (unpaired) electrons. The zero-order chi connectivity index (χ0) is 26.9. The molecule has 0 atom stereocenters. The van der Waals surface area contributed by atoms with Gasteiger partial charge < -0.3 is 20.0 Å². The molecule has 4 N–H and O–H groups in total. The Morgan fingerprint density at radius 3 is 2.56 bits per heavy atom. The number of aromatic nitrogens is 5. The molecular formula is C28H22N8O3. The van der Waals surface area contributed by atoms with Crippen molar-refractivity contribution in [2.24, 2.45) is 0 Å². The summed E-state index contributed by atoms with van der Waals surface area (Å²) in [6.45, 7) is 1.99. The Labute approximate surface area is 221 Å². The third kappa shape index (κ3) is 4.60. The number of nitrogens with one attached hydrogen (secondary N) is 2. The first kappa shape index (κ1) is 23.7. The highest BCUT2D eigenvalue weighted by Gasteiger charge is 2.16. The topological polar surface area (TPSA) is 146 Å². The largest absolute Gasteiger partial charge is 0.463 e. The fraction of sp³-hybridized carbons (Fsp3) is 0.0357. The van der Waals surface area contributed by atoms with Gasteiger partial charge in [0.15, 0.2) is 16.8 Å². The minimum absolute atomic E-state index is 0.120. The van der Waals surface area contributed by atoms with Gasteiger partial charge in [-0.3, -0.25) is 10.1 Å². The van der Waals surface area contributed by atoms with Crippen LogP contribution in [0, 0.1) is 6.92 Å². The molecule has 11 heteroatoms. The second-order valence-electron chi connectivity index (χ2n) is 8.78. The monoisotopic (exact) mass is 518 g/mol. The minimum Gasteiger partial charge on any atom is -0.463 e. The summed E-state index contributed by atoms with van der Waals surface area (Å²) in [5.41, 5.74) is 9.76. The third-order valence-electron chi connectivity index (χ3n) is 6.08. The number of urea groups is 1. The number of furan rings is 1. The third-order valence-corrected chi connectivity index (χ3v) is 6.08. The zero-order valence-electron chi connectivity index (χ0n) is 20.7. The predicted molar refractivity (Wildman–Crippen MR) is 148 cm³/mol. The Bertz CT molecular complexity index is 1870. The molecule has 2 aromatic carbocycles. The van der Waals surface area contributed by atoms with Gasteiger partial charge in [0.2, 0.25) is 0 Å². The fourth-order valence-electron chi connectivity index (χ4n) is 4.27. The van der Waals surface area contributed by atoms with Crippen molar-refractivity contribution < 1.29 is 9.21 Å². The lowest BCUT2D eigenvalue weighted by molar-refractivity contribution is 0.262. The van der Waals surface area contributed by atoms with Gasteiger partial charge in [0.05, 0.1) is 12.0 Å². The molecular weight excluding hydrogens is 496 g/mol. The number of fused-ring (bicyclic) bond motifs is 1. The van der Waals surface area contributed by atoms with Crippen molar-refractivity contribution in [2.75, 3.05) is 16.4 Å². The molecule has 0 aliphatic carbocycles. The second-order valence-corrected chi connectivity index (χ2v) is 8.78. The smallest absolute Gasteiger partial charge is 0.324 e. The number of hydrogen-bond donors (Lipinski definition) is 3. The highest BCUT2D eigenvalue weighted by molar-refractivity contribution is 5.99. The average Bonchev–Trinajstić information content (AvgIpc) is 3.60. The van der Waals surface area contributed by atoms with E-state index < -0.39 is 6.03 Å². The van der Waals surface area contributed by atoms with E-state index >= 15 is 0 Å². The van der Waals surface area contributed by atoms with Crippen molar-refractivity contribution in [1.29, 1.82) is 0 Å². The van der Waals surface area contributed by atoms with Gasteiger partial charge in [-0.1, -0.05) is 12.1 Å². The molecule has 4 aromatic heterocycles. The van der Waals surface area contributed by atoms with Gasteiger partial charge in [-0.25, -0.2) is 19.4 Å². The van der Waals surface area contributed by atoms with Crippen LogP contribution in [0.4, 0.5) is 22.1 Å². The highest BCUT2D eigenvalue weighted by Crippen LogP contribution is 2.26. The van der Waals surface area contributed by atoms with Crippen molar-refractivity contribution in [1.82, 2.24) is 24.3 Å². The number of amides is 2. The van der Waals surface area contributed by atoms with E-state index in [0.29, 0.717) is 28.6 Å². The van der Waals surface area contributed by atoms with E-state index in [1.54, 1.807) is 64.2 Å². The summed E-state index contributed by atoms with van der Waals surface area (Å²) in [7, 11) is 0. The first-order valence-corrected chi connectivity index (χ1v) is 12.0. The molecule has 0 aliphatic heterocycles. The van der Waals surface area contributed by atoms with E-state index in [9.17, 15) is 9.59 Å². The number of rotatable bonds is 5. The first-order chi connectivity index (χ1) is 19.0. The van der Waals surface area contributed by atoms with E-state index in [0.717, 1.165) is 16.9 Å². The zero-order valence-corrected chi connectivity index (χ0v) is 20.7. The Hall–Kier alpha value is -5.71. The number of pyridine rings is 1. The molecule has 6 rings (SSSR count). The summed E-state index contributed by atoms with van der Waals surface area (Å²) in [6.07, 6.45) is 4.50. The van der Waals surface area contributed by atoms with Crippen LogP contribution in [0.25, 0.3) is 33.9 Å². The average molecular weight is 519 g/mol. The summed E-state index contributed by atoms with van der Waals surface area (Å²) in [5.74, 6) is 1.18. The molecule has 0 saturated heterocycles. The van der Waals surface area contributed by atoms with Gasteiger partial charge in [0, 0.05) is 29.7 Å². The number of carbonyl (C=O) groups excluding carboxylic acids is 1. The van der Waals surface area contributed by atoms with E-state index in [4.69, 9.17) is 10.2 Å². The van der Waals surface area contributed by atoms with E-state index in [1.165, 1.54) is 12.4 Å². The SMILES string of the molecule is Cc1cccc(-n2nc(-c3ccco3)cc2NC(=O)Nc2ccc(-n3ccc(=O)c4c(N)ncnc43)cc2)c1. The van der Waals surface area contributed by atoms with Gasteiger partial charge in [0.1, 0.15) is 29.0 Å². The molecule has 192 valence electrons. The van der Waals surface area contributed by atoms with Crippen LogP contribution in [0.1, 0.15) is 5.56 Å². The maximum Gasteiger partial charge on any atom is 0.324 e. The molecule has 39 heavy (non-hydrogen) atoms. The van der Waals surface area contributed by atoms with Gasteiger partial charge in [0.25, 0.3) is 0 Å². The number of hydrogen-bond acceptors (Lipinski definition) is 7. The number of anilines is 3. The lowest BCUT2D eigenvalue weighted by atomic mass is 10.2. The van der Waals surface area contributed by atoms with Crippen LogP contribution in [-0.2, 0) is 0 Å². The van der Waals surface area contributed by atoms with E-state index in [2.05, 4.69) is 25.7 Å². The second kappa shape index (κ2) is 9.63. The van der Waals surface area contributed by atoms with Crippen molar-refractivity contribution in [3.63, 3.8) is 0 Å². The van der Waals surface area contributed by atoms with Crippen LogP contribution in [0.5, 0.6) is 0 Å². The first-order valence-electron chi connectivity index (χ1n) is 12.0. The summed E-state index contributed by atoms with van der Waals surface area (Å²) >= 11 is 0. The van der Waals surface area contributed by atoms with Crippen LogP contribution in [0.3, 0.4) is 0 Å². The maximum absolute atomic E-state index is 13.0. The molecule has 2 amide bonds. The molecule has 4 heterocycles.